The molecule has 0 spiro atoms. The fourth-order valence-corrected chi connectivity index (χ4v) is 6.32. The maximum absolute atomic E-state index is 14.1. The summed E-state index contributed by atoms with van der Waals surface area (Å²) in [6, 6.07) is 25.3. The number of aromatic nitrogens is 6. The van der Waals surface area contributed by atoms with Crippen LogP contribution in [0.15, 0.2) is 96.2 Å². The first kappa shape index (κ1) is 41.4. The second-order valence-electron chi connectivity index (χ2n) is 14.4. The number of amides is 1. The summed E-state index contributed by atoms with van der Waals surface area (Å²) in [5.74, 6) is 1.85. The molecule has 14 nitrogen and oxygen atoms in total. The van der Waals surface area contributed by atoms with Crippen LogP contribution in [-0.2, 0) is 30.8 Å². The molecule has 0 unspecified atom stereocenters. The minimum absolute atomic E-state index is 0.00663. The van der Waals surface area contributed by atoms with Crippen molar-refractivity contribution in [3.63, 3.8) is 0 Å². The minimum atomic E-state index is -0.665. The molecule has 0 aliphatic rings. The van der Waals surface area contributed by atoms with Gasteiger partial charge in [0.05, 0.1) is 25.0 Å². The predicted molar refractivity (Wildman–Crippen MR) is 219 cm³/mol. The van der Waals surface area contributed by atoms with Crippen LogP contribution in [0.25, 0.3) is 11.1 Å². The number of nitrogens with two attached hydrogens (primary N) is 3. The molecule has 5 rings (SSSR count). The van der Waals surface area contributed by atoms with Crippen LogP contribution in [0, 0.1) is 5.92 Å². The third kappa shape index (κ3) is 13.2. The Hall–Kier alpha value is -5.76. The fraction of sp³-hybridized carbons (Fsp3) is 0.429. The van der Waals surface area contributed by atoms with Gasteiger partial charge in [0.25, 0.3) is 0 Å². The van der Waals surface area contributed by atoms with E-state index in [0.29, 0.717) is 56.4 Å². The van der Waals surface area contributed by atoms with Crippen LogP contribution in [0.2, 0.25) is 0 Å². The standard InChI is InChI=1S/C42H57N11O3/c1-31(2)23-26-55-39-19-8-6-16-36(39)37-17-7-9-20-40(37)56-30-35-29-53(51-49-35)38(18-12-25-46-42(44)45)41(54)47-33(15-10-11-24-43)27-52-28-34(48-50-52)22-21-32-13-4-3-5-14-32/h3-9,13-14,16-17,19-20,28-29,31,33,38H,10-12,15,18,21-27,30,43H2,1-2H3,(H,47,54)(H4,44,45,46)/t33-,38-/m1/s1. The normalized spacial score (nSPS) is 12.3. The van der Waals surface area contributed by atoms with E-state index in [0.717, 1.165) is 61.1 Å². The Kier molecular flexibility index (Phi) is 16.2. The molecule has 0 saturated heterocycles. The molecule has 14 heteroatoms. The molecule has 0 radical (unpaired) electrons. The predicted octanol–water partition coefficient (Wildman–Crippen LogP) is 5.23. The van der Waals surface area contributed by atoms with E-state index >= 15 is 0 Å². The van der Waals surface area contributed by atoms with Gasteiger partial charge in [-0.05, 0) is 75.1 Å². The number of ether oxygens (including phenoxy) is 2. The molecule has 0 bridgehead atoms. The molecule has 3 aromatic carbocycles. The Morgan fingerprint density at radius 3 is 2.20 bits per heavy atom. The van der Waals surface area contributed by atoms with Gasteiger partial charge in [0.1, 0.15) is 29.8 Å². The maximum Gasteiger partial charge on any atom is 0.245 e. The number of rotatable bonds is 24. The van der Waals surface area contributed by atoms with Crippen molar-refractivity contribution >= 4 is 11.9 Å². The zero-order valence-electron chi connectivity index (χ0n) is 32.7. The zero-order valence-corrected chi connectivity index (χ0v) is 32.7. The van der Waals surface area contributed by atoms with E-state index < -0.39 is 6.04 Å². The van der Waals surface area contributed by atoms with Gasteiger partial charge in [-0.15, -0.1) is 10.2 Å². The molecule has 0 saturated carbocycles. The number of guanidine groups is 1. The molecule has 5 aromatic rings. The number of aryl methyl sites for hydroxylation is 2. The van der Waals surface area contributed by atoms with E-state index in [1.165, 1.54) is 5.56 Å². The van der Waals surface area contributed by atoms with Crippen molar-refractivity contribution in [2.45, 2.75) is 90.4 Å². The SMILES string of the molecule is CC(C)CCOc1ccccc1-c1ccccc1OCc1cn([C@H](CCCN=C(N)N)C(=O)N[C@H](CCCCN)Cn2cc(CCc3ccccc3)nn2)nn1. The Balaban J connectivity index is 1.27. The number of hydrogen-bond donors (Lipinski definition) is 4. The largest absolute Gasteiger partial charge is 0.493 e. The van der Waals surface area contributed by atoms with E-state index in [9.17, 15) is 4.79 Å². The molecular formula is C42H57N11O3. The number of hydrogen-bond acceptors (Lipinski definition) is 9. The lowest BCUT2D eigenvalue weighted by Crippen LogP contribution is -2.42. The summed E-state index contributed by atoms with van der Waals surface area (Å²) in [5, 5.41) is 20.9. The molecule has 0 aliphatic heterocycles. The highest BCUT2D eigenvalue weighted by Gasteiger charge is 2.25. The van der Waals surface area contributed by atoms with Crippen molar-refractivity contribution < 1.29 is 14.3 Å². The lowest BCUT2D eigenvalue weighted by Gasteiger charge is -2.23. The van der Waals surface area contributed by atoms with Gasteiger partial charge >= 0.3 is 0 Å². The highest BCUT2D eigenvalue weighted by atomic mass is 16.5. The summed E-state index contributed by atoms with van der Waals surface area (Å²) in [4.78, 5) is 18.2. The first-order valence-corrected chi connectivity index (χ1v) is 19.6. The topological polar surface area (TPSA) is 199 Å². The summed E-state index contributed by atoms with van der Waals surface area (Å²) in [6.07, 6.45) is 9.74. The summed E-state index contributed by atoms with van der Waals surface area (Å²) in [7, 11) is 0. The Bertz CT molecular complexity index is 1940. The van der Waals surface area contributed by atoms with E-state index in [1.807, 2.05) is 72.9 Å². The number of nitrogens with one attached hydrogen (secondary N) is 1. The average Bonchev–Trinajstić information content (AvgIpc) is 3.86. The van der Waals surface area contributed by atoms with Crippen LogP contribution >= 0.6 is 0 Å². The average molecular weight is 764 g/mol. The Morgan fingerprint density at radius 1 is 0.786 bits per heavy atom. The van der Waals surface area contributed by atoms with Gasteiger partial charge < -0.3 is 32.0 Å². The van der Waals surface area contributed by atoms with Crippen molar-refractivity contribution in [1.29, 1.82) is 0 Å². The molecule has 0 fully saturated rings. The van der Waals surface area contributed by atoms with E-state index in [2.05, 4.69) is 56.9 Å². The van der Waals surface area contributed by atoms with Crippen LogP contribution in [0.5, 0.6) is 11.5 Å². The number of aliphatic imine (C=N–C) groups is 1. The summed E-state index contributed by atoms with van der Waals surface area (Å²) < 4.78 is 15.9. The fourth-order valence-electron chi connectivity index (χ4n) is 6.32. The molecule has 2 atom stereocenters. The van der Waals surface area contributed by atoms with E-state index in [1.54, 1.807) is 15.6 Å². The molecule has 298 valence electrons. The third-order valence-electron chi connectivity index (χ3n) is 9.36. The van der Waals surface area contributed by atoms with Gasteiger partial charge in [0.2, 0.25) is 5.91 Å². The monoisotopic (exact) mass is 763 g/mol. The lowest BCUT2D eigenvalue weighted by molar-refractivity contribution is -0.125. The van der Waals surface area contributed by atoms with Crippen molar-refractivity contribution in [3.05, 3.63) is 108 Å². The second-order valence-corrected chi connectivity index (χ2v) is 14.4. The lowest BCUT2D eigenvalue weighted by atomic mass is 10.0. The second kappa shape index (κ2) is 22.0. The quantitative estimate of drug-likeness (QED) is 0.0366. The molecule has 2 aromatic heterocycles. The molecule has 1 amide bonds. The van der Waals surface area contributed by atoms with Gasteiger partial charge in [0, 0.05) is 29.9 Å². The van der Waals surface area contributed by atoms with Crippen molar-refractivity contribution in [2.24, 2.45) is 28.1 Å². The van der Waals surface area contributed by atoms with Crippen LogP contribution in [0.4, 0.5) is 0 Å². The molecular weight excluding hydrogens is 707 g/mol. The molecule has 7 N–H and O–H groups in total. The summed E-state index contributed by atoms with van der Waals surface area (Å²) in [6.45, 7) is 6.57. The van der Waals surface area contributed by atoms with Gasteiger partial charge in [-0.3, -0.25) is 14.5 Å². The van der Waals surface area contributed by atoms with Crippen molar-refractivity contribution in [3.8, 4) is 22.6 Å². The summed E-state index contributed by atoms with van der Waals surface area (Å²) >= 11 is 0. The minimum Gasteiger partial charge on any atom is -0.493 e. The highest BCUT2D eigenvalue weighted by molar-refractivity contribution is 5.80. The first-order valence-electron chi connectivity index (χ1n) is 19.6. The number of nitrogens with zero attached hydrogens (tertiary/aromatic N) is 7. The Morgan fingerprint density at radius 2 is 1.48 bits per heavy atom. The van der Waals surface area contributed by atoms with Crippen molar-refractivity contribution in [1.82, 2.24) is 35.3 Å². The maximum atomic E-state index is 14.1. The van der Waals surface area contributed by atoms with Gasteiger partial charge in [-0.2, -0.15) is 0 Å². The van der Waals surface area contributed by atoms with Crippen LogP contribution in [0.3, 0.4) is 0 Å². The summed E-state index contributed by atoms with van der Waals surface area (Å²) in [5.41, 5.74) is 21.6. The number of unbranched alkanes of at least 4 members (excludes halogenated alkanes) is 1. The van der Waals surface area contributed by atoms with E-state index in [-0.39, 0.29) is 24.5 Å². The Labute approximate surface area is 329 Å². The highest BCUT2D eigenvalue weighted by Crippen LogP contribution is 2.36. The van der Waals surface area contributed by atoms with Crippen molar-refractivity contribution in [2.75, 3.05) is 19.7 Å². The number of carbonyl (C=O) groups excluding carboxylic acids is 1. The molecule has 2 heterocycles. The van der Waals surface area contributed by atoms with Crippen LogP contribution < -0.4 is 32.0 Å². The smallest absolute Gasteiger partial charge is 0.245 e. The van der Waals surface area contributed by atoms with Gasteiger partial charge in [-0.1, -0.05) is 97.4 Å². The number of carbonyl (C=O) groups is 1. The van der Waals surface area contributed by atoms with E-state index in [4.69, 9.17) is 26.7 Å². The molecule has 56 heavy (non-hydrogen) atoms. The number of benzene rings is 3. The van der Waals surface area contributed by atoms with Crippen LogP contribution in [0.1, 0.15) is 75.4 Å². The molecule has 0 aliphatic carbocycles. The van der Waals surface area contributed by atoms with Crippen LogP contribution in [-0.4, -0.2) is 67.6 Å². The van der Waals surface area contributed by atoms with Gasteiger partial charge in [-0.25, -0.2) is 4.68 Å². The third-order valence-corrected chi connectivity index (χ3v) is 9.36. The first-order chi connectivity index (χ1) is 27.3. The van der Waals surface area contributed by atoms with Gasteiger partial charge in [0.15, 0.2) is 5.96 Å². The number of para-hydroxylation sites is 2. The zero-order chi connectivity index (χ0) is 39.5.